The third kappa shape index (κ3) is 3.88. The standard InChI is InChI=1S/C22H24N2O3S/c25-22(20-14-18-6-2-3-7-19(18)15-20)23-16-17-8-10-21(11-9-17)28(26,27)24-12-4-1-5-13-24/h2-3,6-11,14H,1,4-5,12-13,15-16H2,(H,23,25). The Balaban J connectivity index is 1.37. The minimum Gasteiger partial charge on any atom is -0.348 e. The quantitative estimate of drug-likeness (QED) is 0.844. The van der Waals surface area contributed by atoms with Crippen molar-refractivity contribution in [2.75, 3.05) is 13.1 Å². The van der Waals surface area contributed by atoms with E-state index in [4.69, 9.17) is 0 Å². The van der Waals surface area contributed by atoms with Gasteiger partial charge in [0.15, 0.2) is 0 Å². The first-order chi connectivity index (χ1) is 13.5. The Morgan fingerprint density at radius 3 is 2.39 bits per heavy atom. The molecule has 0 bridgehead atoms. The first-order valence-corrected chi connectivity index (χ1v) is 11.1. The summed E-state index contributed by atoms with van der Waals surface area (Å²) in [5.74, 6) is -0.0822. The third-order valence-electron chi connectivity index (χ3n) is 5.39. The van der Waals surface area contributed by atoms with Gasteiger partial charge in [-0.3, -0.25) is 4.79 Å². The topological polar surface area (TPSA) is 66.5 Å². The van der Waals surface area contributed by atoms with Crippen molar-refractivity contribution in [3.63, 3.8) is 0 Å². The number of nitrogens with zero attached hydrogens (tertiary/aromatic N) is 1. The van der Waals surface area contributed by atoms with E-state index in [1.54, 1.807) is 28.6 Å². The minimum absolute atomic E-state index is 0.0822. The van der Waals surface area contributed by atoms with E-state index < -0.39 is 10.0 Å². The molecular formula is C22H24N2O3S. The van der Waals surface area contributed by atoms with Crippen molar-refractivity contribution in [1.29, 1.82) is 0 Å². The fourth-order valence-corrected chi connectivity index (χ4v) is 5.27. The van der Waals surface area contributed by atoms with E-state index in [1.807, 2.05) is 30.3 Å². The predicted molar refractivity (Wildman–Crippen MR) is 109 cm³/mol. The van der Waals surface area contributed by atoms with E-state index in [1.165, 1.54) is 5.56 Å². The molecule has 1 fully saturated rings. The van der Waals surface area contributed by atoms with Crippen LogP contribution in [0, 0.1) is 0 Å². The summed E-state index contributed by atoms with van der Waals surface area (Å²) >= 11 is 0. The van der Waals surface area contributed by atoms with Crippen LogP contribution in [0.25, 0.3) is 6.08 Å². The fourth-order valence-electron chi connectivity index (χ4n) is 3.76. The molecule has 1 saturated heterocycles. The van der Waals surface area contributed by atoms with Crippen LogP contribution in [0.15, 0.2) is 59.0 Å². The highest BCUT2D eigenvalue weighted by Gasteiger charge is 2.25. The summed E-state index contributed by atoms with van der Waals surface area (Å²) in [6.07, 6.45) is 5.51. The number of hydrogen-bond acceptors (Lipinski definition) is 3. The highest BCUT2D eigenvalue weighted by molar-refractivity contribution is 7.89. The number of sulfonamides is 1. The van der Waals surface area contributed by atoms with Gasteiger partial charge in [-0.1, -0.05) is 42.8 Å². The maximum Gasteiger partial charge on any atom is 0.247 e. The fraction of sp³-hybridized carbons (Fsp3) is 0.318. The summed E-state index contributed by atoms with van der Waals surface area (Å²) in [5.41, 5.74) is 3.90. The summed E-state index contributed by atoms with van der Waals surface area (Å²) in [6, 6.07) is 14.8. The van der Waals surface area contributed by atoms with Gasteiger partial charge in [0, 0.05) is 31.6 Å². The zero-order valence-electron chi connectivity index (χ0n) is 15.7. The lowest BCUT2D eigenvalue weighted by Crippen LogP contribution is -2.35. The zero-order chi connectivity index (χ0) is 19.6. The van der Waals surface area contributed by atoms with Crippen LogP contribution >= 0.6 is 0 Å². The number of amides is 1. The summed E-state index contributed by atoms with van der Waals surface area (Å²) in [5, 5.41) is 2.93. The average Bonchev–Trinajstić information content (AvgIpc) is 3.17. The largest absolute Gasteiger partial charge is 0.348 e. The summed E-state index contributed by atoms with van der Waals surface area (Å²) in [6.45, 7) is 1.56. The molecule has 6 heteroatoms. The Morgan fingerprint density at radius 2 is 1.68 bits per heavy atom. The molecule has 0 saturated carbocycles. The highest BCUT2D eigenvalue weighted by Crippen LogP contribution is 2.25. The Hall–Kier alpha value is -2.44. The number of piperidine rings is 1. The van der Waals surface area contributed by atoms with Gasteiger partial charge in [-0.25, -0.2) is 8.42 Å². The maximum absolute atomic E-state index is 12.7. The first-order valence-electron chi connectivity index (χ1n) is 9.70. The molecule has 2 aromatic carbocycles. The second-order valence-corrected chi connectivity index (χ2v) is 9.27. The summed E-state index contributed by atoms with van der Waals surface area (Å²) in [7, 11) is -3.42. The van der Waals surface area contributed by atoms with Gasteiger partial charge in [-0.05, 0) is 47.7 Å². The number of nitrogens with one attached hydrogen (secondary N) is 1. The summed E-state index contributed by atoms with van der Waals surface area (Å²) < 4.78 is 27.0. The van der Waals surface area contributed by atoms with E-state index in [2.05, 4.69) is 5.32 Å². The molecule has 1 aliphatic heterocycles. The van der Waals surface area contributed by atoms with Gasteiger partial charge in [-0.2, -0.15) is 4.31 Å². The molecule has 0 spiro atoms. The van der Waals surface area contributed by atoms with Crippen molar-refractivity contribution >= 4 is 22.0 Å². The molecule has 1 heterocycles. The monoisotopic (exact) mass is 396 g/mol. The van der Waals surface area contributed by atoms with E-state index in [9.17, 15) is 13.2 Å². The van der Waals surface area contributed by atoms with Crippen LogP contribution in [0.3, 0.4) is 0 Å². The van der Waals surface area contributed by atoms with E-state index in [0.717, 1.165) is 36.0 Å². The molecule has 1 N–H and O–H groups in total. The molecule has 1 aliphatic carbocycles. The van der Waals surface area contributed by atoms with Crippen molar-refractivity contribution < 1.29 is 13.2 Å². The van der Waals surface area contributed by atoms with Gasteiger partial charge in [0.2, 0.25) is 15.9 Å². The lowest BCUT2D eigenvalue weighted by molar-refractivity contribution is -0.117. The van der Waals surface area contributed by atoms with Crippen LogP contribution in [0.2, 0.25) is 0 Å². The maximum atomic E-state index is 12.7. The van der Waals surface area contributed by atoms with Gasteiger partial charge in [0.25, 0.3) is 0 Å². The number of fused-ring (bicyclic) bond motifs is 1. The Bertz CT molecular complexity index is 1000. The lowest BCUT2D eigenvalue weighted by atomic mass is 10.1. The predicted octanol–water partition coefficient (Wildman–Crippen LogP) is 3.12. The van der Waals surface area contributed by atoms with Gasteiger partial charge < -0.3 is 5.32 Å². The van der Waals surface area contributed by atoms with Gasteiger partial charge in [-0.15, -0.1) is 0 Å². The number of benzene rings is 2. The molecule has 2 aliphatic rings. The molecule has 146 valence electrons. The van der Waals surface area contributed by atoms with Crippen molar-refractivity contribution in [3.05, 3.63) is 70.8 Å². The summed E-state index contributed by atoms with van der Waals surface area (Å²) in [4.78, 5) is 12.8. The van der Waals surface area contributed by atoms with E-state index in [-0.39, 0.29) is 5.91 Å². The number of hydrogen-bond donors (Lipinski definition) is 1. The van der Waals surface area contributed by atoms with Crippen molar-refractivity contribution in [1.82, 2.24) is 9.62 Å². The Labute approximate surface area is 166 Å². The SMILES string of the molecule is O=C(NCc1ccc(S(=O)(=O)N2CCCCC2)cc1)C1=Cc2ccccc2C1. The van der Waals surface area contributed by atoms with Crippen molar-refractivity contribution in [2.45, 2.75) is 37.1 Å². The minimum atomic E-state index is -3.42. The molecule has 1 amide bonds. The molecule has 0 aromatic heterocycles. The molecule has 28 heavy (non-hydrogen) atoms. The second kappa shape index (κ2) is 7.89. The van der Waals surface area contributed by atoms with E-state index >= 15 is 0 Å². The Kier molecular flexibility index (Phi) is 5.33. The van der Waals surface area contributed by atoms with Crippen LogP contribution < -0.4 is 5.32 Å². The van der Waals surface area contributed by atoms with Gasteiger partial charge in [0.05, 0.1) is 4.90 Å². The van der Waals surface area contributed by atoms with Gasteiger partial charge >= 0.3 is 0 Å². The molecule has 2 aromatic rings. The zero-order valence-corrected chi connectivity index (χ0v) is 16.5. The highest BCUT2D eigenvalue weighted by atomic mass is 32.2. The van der Waals surface area contributed by atoms with Crippen LogP contribution in [0.5, 0.6) is 0 Å². The average molecular weight is 397 g/mol. The number of carbonyl (C=O) groups is 1. The molecule has 0 atom stereocenters. The smallest absolute Gasteiger partial charge is 0.247 e. The Morgan fingerprint density at radius 1 is 0.964 bits per heavy atom. The molecule has 5 nitrogen and oxygen atoms in total. The van der Waals surface area contributed by atoms with E-state index in [0.29, 0.717) is 31.0 Å². The van der Waals surface area contributed by atoms with Crippen LogP contribution in [0.1, 0.15) is 36.0 Å². The van der Waals surface area contributed by atoms with Crippen LogP contribution in [-0.4, -0.2) is 31.7 Å². The van der Waals surface area contributed by atoms with Crippen molar-refractivity contribution in [3.8, 4) is 0 Å². The molecule has 4 rings (SSSR count). The normalized spacial score (nSPS) is 17.1. The van der Waals surface area contributed by atoms with Crippen LogP contribution in [-0.2, 0) is 27.8 Å². The van der Waals surface area contributed by atoms with Gasteiger partial charge in [0.1, 0.15) is 0 Å². The van der Waals surface area contributed by atoms with Crippen LogP contribution in [0.4, 0.5) is 0 Å². The second-order valence-electron chi connectivity index (χ2n) is 7.34. The van der Waals surface area contributed by atoms with Crippen molar-refractivity contribution in [2.24, 2.45) is 0 Å². The molecule has 0 radical (unpaired) electrons. The third-order valence-corrected chi connectivity index (χ3v) is 7.30. The molecular weight excluding hydrogens is 372 g/mol. The number of carbonyl (C=O) groups excluding carboxylic acids is 1. The molecule has 0 unspecified atom stereocenters. The first kappa shape index (κ1) is 18.9. The number of rotatable bonds is 5. The lowest BCUT2D eigenvalue weighted by Gasteiger charge is -2.25.